The first-order valence-corrected chi connectivity index (χ1v) is 25.0. The summed E-state index contributed by atoms with van der Waals surface area (Å²) in [6, 6.07) is -16.9. The molecule has 0 aromatic heterocycles. The molecule has 430 valence electrons. The summed E-state index contributed by atoms with van der Waals surface area (Å²) < 4.78 is 0. The van der Waals surface area contributed by atoms with Gasteiger partial charge in [-0.25, -0.2) is 4.79 Å². The predicted octanol–water partition coefficient (Wildman–Crippen LogP) is -9.38. The summed E-state index contributed by atoms with van der Waals surface area (Å²) in [5.74, 6) is -15.8. The molecule has 23 N–H and O–H groups in total. The molecule has 0 aliphatic carbocycles. The third kappa shape index (κ3) is 26.3. The summed E-state index contributed by atoms with van der Waals surface area (Å²) in [5.41, 5.74) is 26.7. The van der Waals surface area contributed by atoms with Crippen LogP contribution in [-0.2, 0) is 67.1 Å². The van der Waals surface area contributed by atoms with Gasteiger partial charge in [0.25, 0.3) is 0 Å². The van der Waals surface area contributed by atoms with E-state index in [0.29, 0.717) is 12.2 Å². The number of amides is 13. The van der Waals surface area contributed by atoms with Gasteiger partial charge in [0.15, 0.2) is 0 Å². The van der Waals surface area contributed by atoms with Gasteiger partial charge < -0.3 is 96.9 Å². The van der Waals surface area contributed by atoms with Gasteiger partial charge in [0.05, 0.1) is 37.7 Å². The molecular weight excluding hydrogens is 1030 g/mol. The molecule has 76 heavy (non-hydrogen) atoms. The van der Waals surface area contributed by atoms with E-state index in [1.54, 1.807) is 6.26 Å². The molecule has 0 heterocycles. The summed E-state index contributed by atoms with van der Waals surface area (Å²) in [5, 5.41) is 60.2. The first-order chi connectivity index (χ1) is 35.3. The summed E-state index contributed by atoms with van der Waals surface area (Å²) in [7, 11) is 0. The van der Waals surface area contributed by atoms with Crippen LogP contribution in [0.2, 0.25) is 0 Å². The number of aliphatic hydroxyl groups excluding tert-OH is 3. The van der Waals surface area contributed by atoms with E-state index >= 15 is 0 Å². The molecule has 0 rings (SSSR count). The number of nitrogens with one attached hydrogen (secondary N) is 9. The lowest BCUT2D eigenvalue weighted by atomic mass is 10.0. The molecule has 0 fully saturated rings. The van der Waals surface area contributed by atoms with E-state index in [0.717, 1.165) is 20.8 Å². The van der Waals surface area contributed by atoms with Gasteiger partial charge in [-0.3, -0.25) is 62.3 Å². The standard InChI is InChI=1S/C43H74N14O18S/c1-17(2)13-21(44)35(66)50-24(11-12-76-6)38(69)51-23(8-10-29(46)62)37(68)55-27(16-58)40(71)57-33(20(5)60)41(72)52-22(7-9-28(45)61)36(67)49-18(3)34(65)56-32(19(4)59)42(73)53-25(14-30(47)63)39(70)54-26(43(74)75)15-31(48)64/h17-27,32-33,58-60H,7-16,44H2,1-6H3,(H2,45,61)(H2,46,62)(H2,47,63)(H2,48,64)(H,49,67)(H,50,66)(H,51,69)(H,52,72)(H,53,73)(H,54,70)(H,55,68)(H,56,65)(H,57,71)(H,74,75)/t18-,19+,20+,21-,22-,23-,24-,25-,26-,27-,32-,33-/m0/s1. The molecule has 0 aliphatic rings. The molecule has 12 atom stereocenters. The zero-order valence-corrected chi connectivity index (χ0v) is 43.7. The molecule has 0 spiro atoms. The maximum Gasteiger partial charge on any atom is 0.326 e. The highest BCUT2D eigenvalue weighted by Crippen LogP contribution is 2.09. The zero-order chi connectivity index (χ0) is 58.7. The summed E-state index contributed by atoms with van der Waals surface area (Å²) in [4.78, 5) is 178. The van der Waals surface area contributed by atoms with Crippen LogP contribution in [0.5, 0.6) is 0 Å². The van der Waals surface area contributed by atoms with Crippen molar-refractivity contribution in [2.45, 2.75) is 159 Å². The predicted molar refractivity (Wildman–Crippen MR) is 266 cm³/mol. The number of carbonyl (C=O) groups is 14. The van der Waals surface area contributed by atoms with E-state index in [1.807, 2.05) is 24.5 Å². The van der Waals surface area contributed by atoms with E-state index in [2.05, 4.69) is 37.2 Å². The Morgan fingerprint density at radius 1 is 0.447 bits per heavy atom. The Bertz CT molecular complexity index is 2100. The fourth-order valence-electron chi connectivity index (χ4n) is 6.58. The summed E-state index contributed by atoms with van der Waals surface area (Å²) in [6.07, 6.45) is -5.29. The second-order valence-electron chi connectivity index (χ2n) is 17.9. The fraction of sp³-hybridized carbons (Fsp3) is 0.674. The number of aliphatic hydroxyl groups is 3. The highest BCUT2D eigenvalue weighted by atomic mass is 32.2. The summed E-state index contributed by atoms with van der Waals surface area (Å²) >= 11 is 1.35. The molecule has 0 aliphatic heterocycles. The van der Waals surface area contributed by atoms with E-state index in [4.69, 9.17) is 28.7 Å². The second-order valence-corrected chi connectivity index (χ2v) is 18.9. The lowest BCUT2D eigenvalue weighted by Crippen LogP contribution is -2.62. The van der Waals surface area contributed by atoms with Gasteiger partial charge in [-0.05, 0) is 64.4 Å². The van der Waals surface area contributed by atoms with Crippen LogP contribution in [0.1, 0.15) is 86.0 Å². The Morgan fingerprint density at radius 3 is 1.21 bits per heavy atom. The van der Waals surface area contributed by atoms with Crippen molar-refractivity contribution in [1.82, 2.24) is 47.9 Å². The Morgan fingerprint density at radius 2 is 0.803 bits per heavy atom. The van der Waals surface area contributed by atoms with Crippen molar-refractivity contribution in [3.8, 4) is 0 Å². The van der Waals surface area contributed by atoms with Gasteiger partial charge in [0.2, 0.25) is 76.8 Å². The Balaban J connectivity index is 6.34. The van der Waals surface area contributed by atoms with Crippen LogP contribution >= 0.6 is 11.8 Å². The minimum Gasteiger partial charge on any atom is -0.480 e. The number of nitrogens with two attached hydrogens (primary N) is 5. The SMILES string of the molecule is CSCC[C@H](NC(=O)[C@@H](N)CC(C)C)C(=O)N[C@@H](CCC(N)=O)C(=O)N[C@@H](CO)C(=O)N[C@H](C(=O)N[C@@H](CCC(N)=O)C(=O)N[C@@H](C)C(=O)N[C@H](C(=O)N[C@@H](CC(N)=O)C(=O)N[C@@H](CC(N)=O)C(=O)O)[C@@H](C)O)[C@@H](C)O. The second kappa shape index (κ2) is 34.4. The monoisotopic (exact) mass is 1110 g/mol. The quantitative estimate of drug-likeness (QED) is 0.0275. The number of carboxylic acid groups (broad SMARTS) is 1. The topological polar surface area (TPSA) is 558 Å². The number of hydrogen-bond acceptors (Lipinski definition) is 19. The van der Waals surface area contributed by atoms with Crippen LogP contribution < -0.4 is 76.5 Å². The Hall–Kier alpha value is -7.23. The smallest absolute Gasteiger partial charge is 0.326 e. The largest absolute Gasteiger partial charge is 0.480 e. The minimum atomic E-state index is -1.99. The molecule has 0 aromatic rings. The average molecular weight is 1110 g/mol. The Labute approximate surface area is 440 Å². The maximum atomic E-state index is 13.6. The van der Waals surface area contributed by atoms with Crippen LogP contribution in [0.4, 0.5) is 0 Å². The van der Waals surface area contributed by atoms with Crippen molar-refractivity contribution in [2.24, 2.45) is 34.6 Å². The molecule has 32 nitrogen and oxygen atoms in total. The minimum absolute atomic E-state index is 0.0382. The number of carbonyl (C=O) groups excluding carboxylic acids is 13. The highest BCUT2D eigenvalue weighted by Gasteiger charge is 2.37. The molecule has 0 saturated heterocycles. The Kier molecular flexibility index (Phi) is 31.1. The number of carboxylic acids is 1. The van der Waals surface area contributed by atoms with Gasteiger partial charge >= 0.3 is 5.97 Å². The fourth-order valence-corrected chi connectivity index (χ4v) is 7.05. The number of rotatable bonds is 37. The van der Waals surface area contributed by atoms with Gasteiger partial charge in [-0.1, -0.05) is 13.8 Å². The average Bonchev–Trinajstić information content (AvgIpc) is 3.30. The van der Waals surface area contributed by atoms with Crippen LogP contribution in [-0.4, -0.2) is 194 Å². The van der Waals surface area contributed by atoms with Crippen LogP contribution in [0.3, 0.4) is 0 Å². The molecule has 0 aromatic carbocycles. The third-order valence-electron chi connectivity index (χ3n) is 10.7. The van der Waals surface area contributed by atoms with Gasteiger partial charge in [0.1, 0.15) is 54.4 Å². The number of hydrogen-bond donors (Lipinski definition) is 18. The van der Waals surface area contributed by atoms with Crippen molar-refractivity contribution in [3.63, 3.8) is 0 Å². The number of aliphatic carboxylic acids is 1. The van der Waals surface area contributed by atoms with Gasteiger partial charge in [0, 0.05) is 12.8 Å². The molecule has 33 heteroatoms. The first kappa shape index (κ1) is 68.8. The molecule has 0 saturated carbocycles. The molecule has 13 amide bonds. The van der Waals surface area contributed by atoms with Gasteiger partial charge in [-0.2, -0.15) is 11.8 Å². The van der Waals surface area contributed by atoms with Crippen molar-refractivity contribution < 1.29 is 87.5 Å². The van der Waals surface area contributed by atoms with E-state index < -0.39 is 201 Å². The van der Waals surface area contributed by atoms with Crippen LogP contribution in [0, 0.1) is 5.92 Å². The van der Waals surface area contributed by atoms with Crippen molar-refractivity contribution in [3.05, 3.63) is 0 Å². The highest BCUT2D eigenvalue weighted by molar-refractivity contribution is 7.98. The van der Waals surface area contributed by atoms with Crippen LogP contribution in [0.25, 0.3) is 0 Å². The molecule has 0 bridgehead atoms. The zero-order valence-electron chi connectivity index (χ0n) is 42.9. The third-order valence-corrected chi connectivity index (χ3v) is 11.3. The lowest BCUT2D eigenvalue weighted by Gasteiger charge is -2.28. The first-order valence-electron chi connectivity index (χ1n) is 23.6. The van der Waals surface area contributed by atoms with E-state index in [-0.39, 0.29) is 12.3 Å². The maximum absolute atomic E-state index is 13.6. The normalized spacial score (nSPS) is 15.8. The molecule has 0 unspecified atom stereocenters. The van der Waals surface area contributed by atoms with Crippen LogP contribution in [0.15, 0.2) is 0 Å². The summed E-state index contributed by atoms with van der Waals surface area (Å²) in [6.45, 7) is 5.61. The number of thioether (sulfide) groups is 1. The molecular formula is C43H74N14O18S. The lowest BCUT2D eigenvalue weighted by molar-refractivity contribution is -0.144. The molecule has 0 radical (unpaired) electrons. The van der Waals surface area contributed by atoms with E-state index in [9.17, 15) is 87.5 Å². The van der Waals surface area contributed by atoms with Crippen molar-refractivity contribution in [1.29, 1.82) is 0 Å². The van der Waals surface area contributed by atoms with Crippen molar-refractivity contribution in [2.75, 3.05) is 18.6 Å². The van der Waals surface area contributed by atoms with Crippen molar-refractivity contribution >= 4 is 94.5 Å². The number of primary amides is 4. The van der Waals surface area contributed by atoms with Gasteiger partial charge in [-0.15, -0.1) is 0 Å². The van der Waals surface area contributed by atoms with E-state index in [1.165, 1.54) is 11.8 Å².